The SMILES string of the molecule is C#CCCCCNC(=O)CCCCCC. The Bertz CT molecular complexity index is 193. The molecule has 1 amide bonds. The van der Waals surface area contributed by atoms with Gasteiger partial charge in [0.15, 0.2) is 0 Å². The van der Waals surface area contributed by atoms with E-state index < -0.39 is 0 Å². The van der Waals surface area contributed by atoms with Crippen molar-refractivity contribution in [3.63, 3.8) is 0 Å². The van der Waals surface area contributed by atoms with Crippen LogP contribution in [0.5, 0.6) is 0 Å². The largest absolute Gasteiger partial charge is 0.356 e. The molecule has 0 saturated heterocycles. The quantitative estimate of drug-likeness (QED) is 0.459. The highest BCUT2D eigenvalue weighted by molar-refractivity contribution is 5.75. The predicted octanol–water partition coefficient (Wildman–Crippen LogP) is 2.88. The third kappa shape index (κ3) is 11.0. The molecule has 2 heteroatoms. The van der Waals surface area contributed by atoms with Crippen LogP contribution in [0.25, 0.3) is 0 Å². The lowest BCUT2D eigenvalue weighted by atomic mass is 10.1. The van der Waals surface area contributed by atoms with Gasteiger partial charge in [-0.25, -0.2) is 0 Å². The molecule has 2 nitrogen and oxygen atoms in total. The van der Waals surface area contributed by atoms with Gasteiger partial charge >= 0.3 is 0 Å². The standard InChI is InChI=1S/C13H23NO/c1-3-5-7-9-11-13(15)14-12-10-8-6-4-2/h2H,3,5-12H2,1H3,(H,14,15). The van der Waals surface area contributed by atoms with Crippen molar-refractivity contribution in [1.82, 2.24) is 5.32 Å². The summed E-state index contributed by atoms with van der Waals surface area (Å²) in [5, 5.41) is 2.91. The molecular weight excluding hydrogens is 186 g/mol. The molecule has 0 atom stereocenters. The maximum absolute atomic E-state index is 11.3. The number of nitrogens with one attached hydrogen (secondary N) is 1. The van der Waals surface area contributed by atoms with E-state index in [0.717, 1.165) is 32.2 Å². The molecule has 0 aromatic heterocycles. The van der Waals surface area contributed by atoms with Crippen molar-refractivity contribution in [3.05, 3.63) is 0 Å². The van der Waals surface area contributed by atoms with Crippen LogP contribution in [0, 0.1) is 12.3 Å². The fraction of sp³-hybridized carbons (Fsp3) is 0.769. The minimum Gasteiger partial charge on any atom is -0.356 e. The van der Waals surface area contributed by atoms with E-state index in [1.54, 1.807) is 0 Å². The summed E-state index contributed by atoms with van der Waals surface area (Å²) in [5.74, 6) is 2.78. The Morgan fingerprint density at radius 3 is 2.67 bits per heavy atom. The number of hydrogen-bond acceptors (Lipinski definition) is 1. The first kappa shape index (κ1) is 14.0. The van der Waals surface area contributed by atoms with Crippen LogP contribution in [0.2, 0.25) is 0 Å². The first-order valence-electron chi connectivity index (χ1n) is 6.01. The second-order valence-corrected chi connectivity index (χ2v) is 3.82. The molecule has 1 N–H and O–H groups in total. The number of carbonyl (C=O) groups excluding carboxylic acids is 1. The Hall–Kier alpha value is -0.970. The Morgan fingerprint density at radius 1 is 1.20 bits per heavy atom. The van der Waals surface area contributed by atoms with Crippen LogP contribution in [0.15, 0.2) is 0 Å². The van der Waals surface area contributed by atoms with E-state index >= 15 is 0 Å². The van der Waals surface area contributed by atoms with Crippen LogP contribution in [-0.4, -0.2) is 12.5 Å². The first-order valence-corrected chi connectivity index (χ1v) is 6.01. The van der Waals surface area contributed by atoms with E-state index in [2.05, 4.69) is 18.2 Å². The Morgan fingerprint density at radius 2 is 2.00 bits per heavy atom. The maximum Gasteiger partial charge on any atom is 0.219 e. The topological polar surface area (TPSA) is 29.1 Å². The molecule has 0 rings (SSSR count). The van der Waals surface area contributed by atoms with E-state index in [1.165, 1.54) is 19.3 Å². The fourth-order valence-corrected chi connectivity index (χ4v) is 1.38. The Labute approximate surface area is 93.8 Å². The Kier molecular flexibility index (Phi) is 10.4. The molecule has 0 aliphatic carbocycles. The highest BCUT2D eigenvalue weighted by atomic mass is 16.1. The summed E-state index contributed by atoms with van der Waals surface area (Å²) in [4.78, 5) is 11.3. The minimum atomic E-state index is 0.187. The summed E-state index contributed by atoms with van der Waals surface area (Å²) < 4.78 is 0. The van der Waals surface area contributed by atoms with Crippen LogP contribution in [-0.2, 0) is 4.79 Å². The van der Waals surface area contributed by atoms with Crippen LogP contribution < -0.4 is 5.32 Å². The van der Waals surface area contributed by atoms with Gasteiger partial charge in [-0.2, -0.15) is 0 Å². The lowest BCUT2D eigenvalue weighted by Gasteiger charge is -2.03. The van der Waals surface area contributed by atoms with Gasteiger partial charge in [-0.1, -0.05) is 26.2 Å². The monoisotopic (exact) mass is 209 g/mol. The molecular formula is C13H23NO. The summed E-state index contributed by atoms with van der Waals surface area (Å²) >= 11 is 0. The molecule has 0 bridgehead atoms. The molecule has 0 aromatic rings. The fourth-order valence-electron chi connectivity index (χ4n) is 1.38. The first-order chi connectivity index (χ1) is 7.31. The second kappa shape index (κ2) is 11.1. The van der Waals surface area contributed by atoms with E-state index in [9.17, 15) is 4.79 Å². The molecule has 0 saturated carbocycles. The number of terminal acetylenes is 1. The number of amides is 1. The van der Waals surface area contributed by atoms with Gasteiger partial charge < -0.3 is 5.32 Å². The zero-order valence-corrected chi connectivity index (χ0v) is 9.85. The van der Waals surface area contributed by atoms with Gasteiger partial charge in [0.25, 0.3) is 0 Å². The summed E-state index contributed by atoms with van der Waals surface area (Å²) in [6.07, 6.45) is 13.2. The normalized spacial score (nSPS) is 9.60. The molecule has 0 aliphatic heterocycles. The van der Waals surface area contributed by atoms with E-state index in [1.807, 2.05) is 0 Å². The highest BCUT2D eigenvalue weighted by Crippen LogP contribution is 2.02. The molecule has 0 unspecified atom stereocenters. The molecule has 0 spiro atoms. The van der Waals surface area contributed by atoms with Crippen LogP contribution in [0.4, 0.5) is 0 Å². The number of unbranched alkanes of at least 4 members (excludes halogenated alkanes) is 5. The lowest BCUT2D eigenvalue weighted by molar-refractivity contribution is -0.121. The molecule has 86 valence electrons. The van der Waals surface area contributed by atoms with Crippen molar-refractivity contribution in [2.24, 2.45) is 0 Å². The lowest BCUT2D eigenvalue weighted by Crippen LogP contribution is -2.23. The van der Waals surface area contributed by atoms with Crippen molar-refractivity contribution in [2.75, 3.05) is 6.54 Å². The van der Waals surface area contributed by atoms with E-state index in [0.29, 0.717) is 6.42 Å². The van der Waals surface area contributed by atoms with Crippen molar-refractivity contribution < 1.29 is 4.79 Å². The van der Waals surface area contributed by atoms with Gasteiger partial charge in [0.05, 0.1) is 0 Å². The number of rotatable bonds is 9. The summed E-state index contributed by atoms with van der Waals surface area (Å²) in [6, 6.07) is 0. The molecule has 0 aliphatic rings. The zero-order valence-electron chi connectivity index (χ0n) is 9.85. The molecule has 0 radical (unpaired) electrons. The van der Waals surface area contributed by atoms with Gasteiger partial charge in [0.2, 0.25) is 5.91 Å². The van der Waals surface area contributed by atoms with Crippen molar-refractivity contribution in [2.45, 2.75) is 58.3 Å². The van der Waals surface area contributed by atoms with E-state index in [4.69, 9.17) is 6.42 Å². The maximum atomic E-state index is 11.3. The third-order valence-corrected chi connectivity index (χ3v) is 2.33. The average molecular weight is 209 g/mol. The summed E-state index contributed by atoms with van der Waals surface area (Å²) in [7, 11) is 0. The van der Waals surface area contributed by atoms with Gasteiger partial charge in [0.1, 0.15) is 0 Å². The third-order valence-electron chi connectivity index (χ3n) is 2.33. The molecule has 0 aromatic carbocycles. The van der Waals surface area contributed by atoms with Crippen molar-refractivity contribution >= 4 is 5.91 Å². The van der Waals surface area contributed by atoms with Crippen molar-refractivity contribution in [1.29, 1.82) is 0 Å². The smallest absolute Gasteiger partial charge is 0.219 e. The molecule has 15 heavy (non-hydrogen) atoms. The van der Waals surface area contributed by atoms with Gasteiger partial charge in [-0.3, -0.25) is 4.79 Å². The van der Waals surface area contributed by atoms with Crippen molar-refractivity contribution in [3.8, 4) is 12.3 Å². The minimum absolute atomic E-state index is 0.187. The van der Waals surface area contributed by atoms with E-state index in [-0.39, 0.29) is 5.91 Å². The molecule has 0 fully saturated rings. The van der Waals surface area contributed by atoms with Gasteiger partial charge in [0, 0.05) is 19.4 Å². The average Bonchev–Trinajstić information content (AvgIpc) is 2.24. The summed E-state index contributed by atoms with van der Waals surface area (Å²) in [6.45, 7) is 2.94. The van der Waals surface area contributed by atoms with Crippen LogP contribution in [0.3, 0.4) is 0 Å². The summed E-state index contributed by atoms with van der Waals surface area (Å²) in [5.41, 5.74) is 0. The Balaban J connectivity index is 3.16. The van der Waals surface area contributed by atoms with Crippen LogP contribution in [0.1, 0.15) is 58.3 Å². The highest BCUT2D eigenvalue weighted by Gasteiger charge is 1.99. The molecule has 0 heterocycles. The zero-order chi connectivity index (χ0) is 11.4. The number of hydrogen-bond donors (Lipinski definition) is 1. The van der Waals surface area contributed by atoms with Gasteiger partial charge in [-0.15, -0.1) is 12.3 Å². The second-order valence-electron chi connectivity index (χ2n) is 3.82. The van der Waals surface area contributed by atoms with Crippen LogP contribution >= 0.6 is 0 Å². The van der Waals surface area contributed by atoms with Gasteiger partial charge in [-0.05, 0) is 19.3 Å². The predicted molar refractivity (Wildman–Crippen MR) is 64.5 cm³/mol. The number of carbonyl (C=O) groups is 1.